The SMILES string of the molecule is CC1CCN(c2nnc(SCCN3CCCCC3)n2Cc2ccco2)CC1. The lowest BCUT2D eigenvalue weighted by Crippen LogP contribution is -2.35. The van der Waals surface area contributed by atoms with E-state index < -0.39 is 0 Å². The molecule has 27 heavy (non-hydrogen) atoms. The zero-order valence-electron chi connectivity index (χ0n) is 16.3. The Morgan fingerprint density at radius 1 is 1.11 bits per heavy atom. The fourth-order valence-electron chi connectivity index (χ4n) is 3.98. The van der Waals surface area contributed by atoms with E-state index >= 15 is 0 Å². The maximum Gasteiger partial charge on any atom is 0.228 e. The van der Waals surface area contributed by atoms with E-state index in [2.05, 4.69) is 31.5 Å². The van der Waals surface area contributed by atoms with Crippen LogP contribution in [-0.2, 0) is 6.54 Å². The first-order valence-corrected chi connectivity index (χ1v) is 11.3. The third-order valence-electron chi connectivity index (χ3n) is 5.75. The van der Waals surface area contributed by atoms with Crippen molar-refractivity contribution in [2.75, 3.05) is 43.4 Å². The summed E-state index contributed by atoms with van der Waals surface area (Å²) >= 11 is 1.83. The Hall–Kier alpha value is -1.47. The Labute approximate surface area is 166 Å². The van der Waals surface area contributed by atoms with Gasteiger partial charge in [-0.2, -0.15) is 0 Å². The van der Waals surface area contributed by atoms with Crippen LogP contribution in [0.4, 0.5) is 5.95 Å². The van der Waals surface area contributed by atoms with Gasteiger partial charge >= 0.3 is 0 Å². The van der Waals surface area contributed by atoms with Crippen LogP contribution in [0.25, 0.3) is 0 Å². The summed E-state index contributed by atoms with van der Waals surface area (Å²) in [7, 11) is 0. The molecule has 7 heteroatoms. The van der Waals surface area contributed by atoms with Gasteiger partial charge in [-0.05, 0) is 56.8 Å². The molecule has 0 amide bonds. The Kier molecular flexibility index (Phi) is 6.39. The number of hydrogen-bond donors (Lipinski definition) is 0. The second-order valence-electron chi connectivity index (χ2n) is 7.87. The molecule has 2 saturated heterocycles. The van der Waals surface area contributed by atoms with Gasteiger partial charge in [-0.15, -0.1) is 10.2 Å². The molecule has 0 spiro atoms. The summed E-state index contributed by atoms with van der Waals surface area (Å²) in [5.41, 5.74) is 0. The number of nitrogens with zero attached hydrogens (tertiary/aromatic N) is 5. The normalized spacial score (nSPS) is 19.7. The maximum atomic E-state index is 5.61. The van der Waals surface area contributed by atoms with Crippen molar-refractivity contribution in [3.63, 3.8) is 0 Å². The van der Waals surface area contributed by atoms with Crippen LogP contribution in [-0.4, -0.2) is 58.1 Å². The van der Waals surface area contributed by atoms with Crippen molar-refractivity contribution in [3.8, 4) is 0 Å². The number of hydrogen-bond acceptors (Lipinski definition) is 6. The molecule has 0 saturated carbocycles. The van der Waals surface area contributed by atoms with Crippen molar-refractivity contribution in [1.29, 1.82) is 0 Å². The summed E-state index contributed by atoms with van der Waals surface area (Å²) < 4.78 is 7.85. The largest absolute Gasteiger partial charge is 0.467 e. The summed E-state index contributed by atoms with van der Waals surface area (Å²) in [6, 6.07) is 3.98. The number of furan rings is 1. The van der Waals surface area contributed by atoms with Crippen LogP contribution >= 0.6 is 11.8 Å². The van der Waals surface area contributed by atoms with Gasteiger partial charge in [0.15, 0.2) is 5.16 Å². The minimum absolute atomic E-state index is 0.702. The molecule has 6 nitrogen and oxygen atoms in total. The number of aromatic nitrogens is 3. The van der Waals surface area contributed by atoms with Crippen molar-refractivity contribution >= 4 is 17.7 Å². The fourth-order valence-corrected chi connectivity index (χ4v) is 4.91. The highest BCUT2D eigenvalue weighted by Gasteiger charge is 2.23. The molecule has 0 atom stereocenters. The van der Waals surface area contributed by atoms with Crippen LogP contribution in [0.3, 0.4) is 0 Å². The third-order valence-corrected chi connectivity index (χ3v) is 6.69. The van der Waals surface area contributed by atoms with E-state index in [9.17, 15) is 0 Å². The summed E-state index contributed by atoms with van der Waals surface area (Å²) in [5.74, 6) is 3.83. The second-order valence-corrected chi connectivity index (χ2v) is 8.93. The monoisotopic (exact) mass is 389 g/mol. The van der Waals surface area contributed by atoms with E-state index in [0.29, 0.717) is 6.54 Å². The zero-order valence-corrected chi connectivity index (χ0v) is 17.2. The predicted octanol–water partition coefficient (Wildman–Crippen LogP) is 3.73. The van der Waals surface area contributed by atoms with Gasteiger partial charge in [-0.25, -0.2) is 0 Å². The Morgan fingerprint density at radius 2 is 1.93 bits per heavy atom. The van der Waals surface area contributed by atoms with Crippen LogP contribution in [0, 0.1) is 5.92 Å². The molecule has 0 aliphatic carbocycles. The molecule has 2 aromatic rings. The summed E-state index contributed by atoms with van der Waals surface area (Å²) in [4.78, 5) is 4.97. The van der Waals surface area contributed by atoms with Crippen LogP contribution in [0.2, 0.25) is 0 Å². The number of likely N-dealkylation sites (tertiary alicyclic amines) is 1. The van der Waals surface area contributed by atoms with E-state index in [-0.39, 0.29) is 0 Å². The second kappa shape index (κ2) is 9.15. The molecule has 2 aliphatic rings. The average Bonchev–Trinajstić information content (AvgIpc) is 3.34. The molecule has 0 radical (unpaired) electrons. The first-order valence-electron chi connectivity index (χ1n) is 10.4. The molecular formula is C20H31N5OS. The van der Waals surface area contributed by atoms with Crippen LogP contribution in [0.5, 0.6) is 0 Å². The molecule has 2 fully saturated rings. The quantitative estimate of drug-likeness (QED) is 0.673. The number of anilines is 1. The molecule has 0 unspecified atom stereocenters. The Balaban J connectivity index is 1.44. The van der Waals surface area contributed by atoms with E-state index in [1.807, 2.05) is 23.9 Å². The third kappa shape index (κ3) is 4.88. The lowest BCUT2D eigenvalue weighted by molar-refractivity contribution is 0.242. The highest BCUT2D eigenvalue weighted by atomic mass is 32.2. The highest BCUT2D eigenvalue weighted by Crippen LogP contribution is 2.27. The summed E-state index contributed by atoms with van der Waals surface area (Å²) in [6.07, 6.45) is 8.27. The Bertz CT molecular complexity index is 687. The van der Waals surface area contributed by atoms with Crippen molar-refractivity contribution in [3.05, 3.63) is 24.2 Å². The van der Waals surface area contributed by atoms with Crippen LogP contribution < -0.4 is 4.90 Å². The van der Waals surface area contributed by atoms with Gasteiger partial charge in [0.05, 0.1) is 12.8 Å². The maximum absolute atomic E-state index is 5.61. The van der Waals surface area contributed by atoms with Crippen LogP contribution in [0.1, 0.15) is 44.8 Å². The van der Waals surface area contributed by atoms with Gasteiger partial charge in [0, 0.05) is 25.4 Å². The van der Waals surface area contributed by atoms with Gasteiger partial charge in [-0.1, -0.05) is 25.1 Å². The van der Waals surface area contributed by atoms with Gasteiger partial charge < -0.3 is 14.2 Å². The van der Waals surface area contributed by atoms with Gasteiger partial charge in [-0.3, -0.25) is 4.57 Å². The fraction of sp³-hybridized carbons (Fsp3) is 0.700. The smallest absolute Gasteiger partial charge is 0.228 e. The molecule has 0 bridgehead atoms. The number of rotatable bonds is 7. The van der Waals surface area contributed by atoms with E-state index in [4.69, 9.17) is 4.42 Å². The molecular weight excluding hydrogens is 358 g/mol. The minimum atomic E-state index is 0.702. The van der Waals surface area contributed by atoms with Crippen LogP contribution in [0.15, 0.2) is 28.0 Å². The first kappa shape index (κ1) is 18.9. The molecule has 2 aromatic heterocycles. The zero-order chi connectivity index (χ0) is 18.5. The van der Waals surface area contributed by atoms with Crippen molar-refractivity contribution in [1.82, 2.24) is 19.7 Å². The van der Waals surface area contributed by atoms with Gasteiger partial charge in [0.25, 0.3) is 0 Å². The molecule has 148 valence electrons. The van der Waals surface area contributed by atoms with Gasteiger partial charge in [0.1, 0.15) is 5.76 Å². The highest BCUT2D eigenvalue weighted by molar-refractivity contribution is 7.99. The van der Waals surface area contributed by atoms with Crippen molar-refractivity contribution in [2.24, 2.45) is 5.92 Å². The molecule has 0 aromatic carbocycles. The van der Waals surface area contributed by atoms with E-state index in [1.165, 1.54) is 45.2 Å². The molecule has 4 heterocycles. The molecule has 0 N–H and O–H groups in total. The van der Waals surface area contributed by atoms with E-state index in [0.717, 1.165) is 48.2 Å². The first-order chi connectivity index (χ1) is 13.3. The molecule has 2 aliphatic heterocycles. The Morgan fingerprint density at radius 3 is 2.67 bits per heavy atom. The standard InChI is InChI=1S/C20H31N5OS/c1-17-7-11-24(12-8-17)19-21-22-20(25(19)16-18-6-5-14-26-18)27-15-13-23-9-3-2-4-10-23/h5-6,14,17H,2-4,7-13,15-16H2,1H3. The van der Waals surface area contributed by atoms with E-state index in [1.54, 1.807) is 6.26 Å². The molecule has 4 rings (SSSR count). The lowest BCUT2D eigenvalue weighted by atomic mass is 10.00. The topological polar surface area (TPSA) is 50.3 Å². The lowest BCUT2D eigenvalue weighted by Gasteiger charge is -2.31. The van der Waals surface area contributed by atoms with Crippen molar-refractivity contribution in [2.45, 2.75) is 50.7 Å². The number of thioether (sulfide) groups is 1. The number of piperidine rings is 2. The summed E-state index contributed by atoms with van der Waals surface area (Å²) in [5, 5.41) is 10.1. The van der Waals surface area contributed by atoms with Crippen molar-refractivity contribution < 1.29 is 4.42 Å². The minimum Gasteiger partial charge on any atom is -0.467 e. The average molecular weight is 390 g/mol. The van der Waals surface area contributed by atoms with Gasteiger partial charge in [0.2, 0.25) is 5.95 Å². The summed E-state index contributed by atoms with van der Waals surface area (Å²) in [6.45, 7) is 8.80. The predicted molar refractivity (Wildman–Crippen MR) is 109 cm³/mol.